The highest BCUT2D eigenvalue weighted by molar-refractivity contribution is 7.12. The van der Waals surface area contributed by atoms with E-state index in [9.17, 15) is 9.65 Å². The highest BCUT2D eigenvalue weighted by Crippen LogP contribution is 2.22. The van der Waals surface area contributed by atoms with Gasteiger partial charge in [-0.1, -0.05) is 17.7 Å². The third-order valence-corrected chi connectivity index (χ3v) is 4.15. The van der Waals surface area contributed by atoms with E-state index in [-0.39, 0.29) is 11.5 Å². The number of nitriles is 1. The summed E-state index contributed by atoms with van der Waals surface area (Å²) in [5, 5.41) is 15.8. The molecular weight excluding hydrogens is 323 g/mol. The van der Waals surface area contributed by atoms with Gasteiger partial charge in [-0.3, -0.25) is 5.43 Å². The van der Waals surface area contributed by atoms with Crippen LogP contribution in [0.2, 0.25) is 0 Å². The molecule has 1 aromatic heterocycles. The number of hydrogen-bond acceptors (Lipinski definition) is 5. The average Bonchev–Trinajstić information content (AvgIpc) is 3.08. The number of aryl methyl sites for hydroxylation is 1. The van der Waals surface area contributed by atoms with Gasteiger partial charge in [-0.15, -0.1) is 11.3 Å². The zero-order chi connectivity index (χ0) is 16.9. The number of hydrazone groups is 1. The summed E-state index contributed by atoms with van der Waals surface area (Å²) < 4.78 is 13.0. The van der Waals surface area contributed by atoms with Crippen molar-refractivity contribution in [1.82, 2.24) is 4.98 Å². The largest absolute Gasteiger partial charge is 0.277 e. The van der Waals surface area contributed by atoms with Crippen LogP contribution in [-0.2, 0) is 0 Å². The maximum Gasteiger partial charge on any atom is 0.196 e. The molecule has 118 valence electrons. The van der Waals surface area contributed by atoms with E-state index in [2.05, 4.69) is 15.5 Å². The predicted molar refractivity (Wildman–Crippen MR) is 94.5 cm³/mol. The minimum absolute atomic E-state index is 0.203. The Hall–Kier alpha value is -3.04. The predicted octanol–water partition coefficient (Wildman–Crippen LogP) is 4.60. The lowest BCUT2D eigenvalue weighted by Gasteiger charge is -2.01. The monoisotopic (exact) mass is 336 g/mol. The Labute approximate surface area is 142 Å². The van der Waals surface area contributed by atoms with Crippen LogP contribution < -0.4 is 5.43 Å². The first-order chi connectivity index (χ1) is 11.7. The molecule has 24 heavy (non-hydrogen) atoms. The molecule has 0 saturated heterocycles. The Morgan fingerprint density at radius 1 is 1.17 bits per heavy atom. The van der Waals surface area contributed by atoms with Gasteiger partial charge in [-0.25, -0.2) is 9.37 Å². The number of nitrogens with one attached hydrogen (secondary N) is 1. The van der Waals surface area contributed by atoms with Crippen molar-refractivity contribution >= 4 is 22.7 Å². The fourth-order valence-corrected chi connectivity index (χ4v) is 2.77. The molecule has 2 aromatic carbocycles. The van der Waals surface area contributed by atoms with Gasteiger partial charge >= 0.3 is 0 Å². The molecule has 0 aliphatic heterocycles. The number of rotatable bonds is 4. The lowest BCUT2D eigenvalue weighted by atomic mass is 10.2. The van der Waals surface area contributed by atoms with Crippen molar-refractivity contribution < 1.29 is 4.39 Å². The summed E-state index contributed by atoms with van der Waals surface area (Å²) in [6.45, 7) is 2.00. The van der Waals surface area contributed by atoms with E-state index in [0.29, 0.717) is 10.7 Å². The van der Waals surface area contributed by atoms with E-state index < -0.39 is 0 Å². The minimum Gasteiger partial charge on any atom is -0.277 e. The first kappa shape index (κ1) is 15.8. The third kappa shape index (κ3) is 3.65. The topological polar surface area (TPSA) is 61.1 Å². The molecule has 0 saturated carbocycles. The molecule has 0 spiro atoms. The van der Waals surface area contributed by atoms with Crippen LogP contribution in [-0.4, -0.2) is 10.7 Å². The van der Waals surface area contributed by atoms with Crippen LogP contribution in [0.5, 0.6) is 0 Å². The highest BCUT2D eigenvalue weighted by Gasteiger charge is 2.10. The Bertz CT molecular complexity index is 905. The fourth-order valence-electron chi connectivity index (χ4n) is 2.00. The number of benzene rings is 2. The van der Waals surface area contributed by atoms with Gasteiger partial charge in [0, 0.05) is 10.9 Å². The van der Waals surface area contributed by atoms with Gasteiger partial charge in [0.05, 0.1) is 11.4 Å². The number of thiazole rings is 1. The normalized spacial score (nSPS) is 11.1. The average molecular weight is 336 g/mol. The second-order valence-corrected chi connectivity index (χ2v) is 5.95. The van der Waals surface area contributed by atoms with Gasteiger partial charge in [0.25, 0.3) is 0 Å². The molecule has 0 atom stereocenters. The molecule has 0 amide bonds. The molecule has 4 nitrogen and oxygen atoms in total. The second kappa shape index (κ2) is 7.02. The molecule has 0 radical (unpaired) electrons. The molecule has 6 heteroatoms. The van der Waals surface area contributed by atoms with E-state index in [1.165, 1.54) is 23.5 Å². The van der Waals surface area contributed by atoms with Crippen molar-refractivity contribution in [3.8, 4) is 17.3 Å². The quantitative estimate of drug-likeness (QED) is 0.559. The van der Waals surface area contributed by atoms with Gasteiger partial charge < -0.3 is 0 Å². The van der Waals surface area contributed by atoms with Crippen LogP contribution in [0.25, 0.3) is 11.3 Å². The lowest BCUT2D eigenvalue weighted by molar-refractivity contribution is 0.628. The summed E-state index contributed by atoms with van der Waals surface area (Å²) in [6, 6.07) is 15.8. The minimum atomic E-state index is -0.296. The Balaban J connectivity index is 1.81. The summed E-state index contributed by atoms with van der Waals surface area (Å²) in [7, 11) is 0. The maximum absolute atomic E-state index is 13.0. The van der Waals surface area contributed by atoms with Crippen LogP contribution in [0.3, 0.4) is 0 Å². The van der Waals surface area contributed by atoms with Crippen molar-refractivity contribution in [2.45, 2.75) is 6.92 Å². The molecule has 3 rings (SSSR count). The van der Waals surface area contributed by atoms with Gasteiger partial charge in [-0.05, 0) is 43.3 Å². The summed E-state index contributed by atoms with van der Waals surface area (Å²) in [5.74, 6) is -0.296. The first-order valence-electron chi connectivity index (χ1n) is 7.18. The number of halogens is 1. The molecule has 0 fully saturated rings. The number of nitrogens with zero attached hydrogens (tertiary/aromatic N) is 3. The standard InChI is InChI=1S/C18H13FN4S/c1-12-2-8-15(9-3-12)22-23-16(10-20)18-21-17(11-24-18)13-4-6-14(19)7-5-13/h2-9,11,22H,1H3/b23-16+. The van der Waals surface area contributed by atoms with Crippen LogP contribution in [0.1, 0.15) is 10.6 Å². The zero-order valence-electron chi connectivity index (χ0n) is 12.8. The molecule has 0 aliphatic carbocycles. The van der Waals surface area contributed by atoms with Crippen molar-refractivity contribution in [2.24, 2.45) is 5.10 Å². The van der Waals surface area contributed by atoms with Crippen molar-refractivity contribution in [1.29, 1.82) is 5.26 Å². The molecular formula is C18H13FN4S. The van der Waals surface area contributed by atoms with Gasteiger partial charge in [-0.2, -0.15) is 10.4 Å². The highest BCUT2D eigenvalue weighted by atomic mass is 32.1. The summed E-state index contributed by atoms with van der Waals surface area (Å²) in [5.41, 5.74) is 6.49. The molecule has 1 heterocycles. The SMILES string of the molecule is Cc1ccc(N/N=C(\C#N)c2nc(-c3ccc(F)cc3)cs2)cc1. The second-order valence-electron chi connectivity index (χ2n) is 5.09. The van der Waals surface area contributed by atoms with Crippen molar-refractivity contribution in [3.05, 3.63) is 70.3 Å². The summed E-state index contributed by atoms with van der Waals surface area (Å²) >= 11 is 1.32. The van der Waals surface area contributed by atoms with E-state index in [1.807, 2.05) is 42.6 Å². The van der Waals surface area contributed by atoms with E-state index in [4.69, 9.17) is 0 Å². The van der Waals surface area contributed by atoms with Gasteiger partial charge in [0.15, 0.2) is 10.7 Å². The maximum atomic E-state index is 13.0. The zero-order valence-corrected chi connectivity index (χ0v) is 13.6. The van der Waals surface area contributed by atoms with Crippen LogP contribution in [0.15, 0.2) is 59.0 Å². The van der Waals surface area contributed by atoms with Crippen LogP contribution >= 0.6 is 11.3 Å². The van der Waals surface area contributed by atoms with E-state index in [0.717, 1.165) is 16.8 Å². The van der Waals surface area contributed by atoms with Gasteiger partial charge in [0.1, 0.15) is 11.9 Å². The van der Waals surface area contributed by atoms with Crippen molar-refractivity contribution in [3.63, 3.8) is 0 Å². The smallest absolute Gasteiger partial charge is 0.196 e. The summed E-state index contributed by atoms with van der Waals surface area (Å²) in [6.07, 6.45) is 0. The lowest BCUT2D eigenvalue weighted by Crippen LogP contribution is -2.01. The molecule has 0 unspecified atom stereocenters. The van der Waals surface area contributed by atoms with Crippen LogP contribution in [0.4, 0.5) is 10.1 Å². The van der Waals surface area contributed by atoms with Gasteiger partial charge in [0.2, 0.25) is 0 Å². The molecule has 3 aromatic rings. The van der Waals surface area contributed by atoms with E-state index in [1.54, 1.807) is 12.1 Å². The Morgan fingerprint density at radius 3 is 2.54 bits per heavy atom. The summed E-state index contributed by atoms with van der Waals surface area (Å²) in [4.78, 5) is 4.41. The number of aromatic nitrogens is 1. The third-order valence-electron chi connectivity index (χ3n) is 3.30. The Morgan fingerprint density at radius 2 is 1.88 bits per heavy atom. The molecule has 1 N–H and O–H groups in total. The molecule has 0 bridgehead atoms. The molecule has 0 aliphatic rings. The van der Waals surface area contributed by atoms with E-state index >= 15 is 0 Å². The number of hydrogen-bond donors (Lipinski definition) is 1. The first-order valence-corrected chi connectivity index (χ1v) is 8.06. The fraction of sp³-hybridized carbons (Fsp3) is 0.0556. The van der Waals surface area contributed by atoms with Crippen molar-refractivity contribution in [2.75, 3.05) is 5.43 Å². The Kier molecular flexibility index (Phi) is 4.64. The van der Waals surface area contributed by atoms with Crippen LogP contribution in [0, 0.1) is 24.1 Å². The number of anilines is 1.